The number of rotatable bonds is 3. The number of benzene rings is 1. The molecule has 0 bridgehead atoms. The molecule has 0 amide bonds. The van der Waals surface area contributed by atoms with Crippen molar-refractivity contribution >= 4 is 20.7 Å². The quantitative estimate of drug-likeness (QED) is 0.724. The molecule has 0 saturated heterocycles. The van der Waals surface area contributed by atoms with Crippen LogP contribution in [0, 0.1) is 5.82 Å². The number of hydrogen-bond donors (Lipinski definition) is 1. The lowest BCUT2D eigenvalue weighted by Gasteiger charge is -2.27. The maximum absolute atomic E-state index is 13.5. The molecule has 8 heteroatoms. The molecule has 3 aromatic rings. The van der Waals surface area contributed by atoms with Gasteiger partial charge in [0, 0.05) is 49.2 Å². The standard InChI is InChI=1S/C17H17FN4O2S/c1-25(23,24)17-20-7-11-4-5-22(10-16(11)21-17)9-12-8-19-15-3-2-13(18)6-14(12)15/h2-3,6-8,19H,4-5,9-10H2,1H3. The Morgan fingerprint density at radius 1 is 1.36 bits per heavy atom. The molecule has 0 radical (unpaired) electrons. The SMILES string of the molecule is CS(=O)(=O)c1ncc2c(n1)CN(Cc1c[nH]c3ccc(F)cc13)CC2. The lowest BCUT2D eigenvalue weighted by molar-refractivity contribution is 0.241. The largest absolute Gasteiger partial charge is 0.361 e. The molecule has 4 rings (SSSR count). The third kappa shape index (κ3) is 3.14. The summed E-state index contributed by atoms with van der Waals surface area (Å²) in [6, 6.07) is 4.69. The second-order valence-corrected chi connectivity index (χ2v) is 8.27. The Morgan fingerprint density at radius 2 is 2.20 bits per heavy atom. The van der Waals surface area contributed by atoms with Crippen LogP contribution in [0.25, 0.3) is 10.9 Å². The van der Waals surface area contributed by atoms with E-state index in [-0.39, 0.29) is 11.0 Å². The molecule has 6 nitrogen and oxygen atoms in total. The minimum Gasteiger partial charge on any atom is -0.361 e. The first kappa shape index (κ1) is 16.2. The van der Waals surface area contributed by atoms with E-state index in [0.717, 1.165) is 46.9 Å². The number of H-pyrrole nitrogens is 1. The molecule has 0 atom stereocenters. The zero-order valence-electron chi connectivity index (χ0n) is 13.7. The molecular weight excluding hydrogens is 343 g/mol. The molecule has 3 heterocycles. The van der Waals surface area contributed by atoms with E-state index < -0.39 is 9.84 Å². The first-order chi connectivity index (χ1) is 11.9. The molecule has 2 aromatic heterocycles. The number of hydrogen-bond acceptors (Lipinski definition) is 5. The zero-order valence-corrected chi connectivity index (χ0v) is 14.5. The van der Waals surface area contributed by atoms with Crippen molar-refractivity contribution in [3.05, 3.63) is 53.2 Å². The predicted octanol–water partition coefficient (Wildman–Crippen LogP) is 2.06. The number of halogens is 1. The van der Waals surface area contributed by atoms with Gasteiger partial charge in [-0.15, -0.1) is 0 Å². The van der Waals surface area contributed by atoms with Crippen molar-refractivity contribution in [2.45, 2.75) is 24.7 Å². The molecule has 1 N–H and O–H groups in total. The molecule has 130 valence electrons. The van der Waals surface area contributed by atoms with Crippen LogP contribution in [0.5, 0.6) is 0 Å². The Morgan fingerprint density at radius 3 is 3.00 bits per heavy atom. The van der Waals surface area contributed by atoms with Crippen molar-refractivity contribution in [2.75, 3.05) is 12.8 Å². The van der Waals surface area contributed by atoms with Gasteiger partial charge >= 0.3 is 0 Å². The summed E-state index contributed by atoms with van der Waals surface area (Å²) in [6.45, 7) is 2.00. The highest BCUT2D eigenvalue weighted by molar-refractivity contribution is 7.90. The van der Waals surface area contributed by atoms with Crippen LogP contribution in [0.1, 0.15) is 16.8 Å². The summed E-state index contributed by atoms with van der Waals surface area (Å²) in [5.41, 5.74) is 3.63. The Bertz CT molecular complexity index is 1060. The van der Waals surface area contributed by atoms with Crippen LogP contribution < -0.4 is 0 Å². The van der Waals surface area contributed by atoms with Gasteiger partial charge in [0.25, 0.3) is 0 Å². The van der Waals surface area contributed by atoms with Crippen molar-refractivity contribution < 1.29 is 12.8 Å². The van der Waals surface area contributed by atoms with Gasteiger partial charge < -0.3 is 4.98 Å². The molecule has 0 aliphatic carbocycles. The third-order valence-corrected chi connectivity index (χ3v) is 5.32. The molecule has 0 spiro atoms. The van der Waals surface area contributed by atoms with Gasteiger partial charge in [-0.3, -0.25) is 4.90 Å². The number of nitrogens with one attached hydrogen (secondary N) is 1. The molecule has 0 fully saturated rings. The summed E-state index contributed by atoms with van der Waals surface area (Å²) in [5, 5.41) is 0.729. The van der Waals surface area contributed by atoms with E-state index in [1.54, 1.807) is 12.3 Å². The highest BCUT2D eigenvalue weighted by Crippen LogP contribution is 2.24. The van der Waals surface area contributed by atoms with Crippen LogP contribution in [0.2, 0.25) is 0 Å². The summed E-state index contributed by atoms with van der Waals surface area (Å²) < 4.78 is 36.8. The Hall–Kier alpha value is -2.32. The fourth-order valence-electron chi connectivity index (χ4n) is 3.17. The van der Waals surface area contributed by atoms with E-state index in [1.165, 1.54) is 12.1 Å². The van der Waals surface area contributed by atoms with Crippen LogP contribution in [0.4, 0.5) is 4.39 Å². The lowest BCUT2D eigenvalue weighted by Crippen LogP contribution is -2.31. The van der Waals surface area contributed by atoms with Crippen molar-refractivity contribution in [2.24, 2.45) is 0 Å². The van der Waals surface area contributed by atoms with Gasteiger partial charge in [-0.05, 0) is 35.7 Å². The number of sulfone groups is 1. The molecule has 0 saturated carbocycles. The average Bonchev–Trinajstić information content (AvgIpc) is 2.95. The summed E-state index contributed by atoms with van der Waals surface area (Å²) in [5.74, 6) is -0.261. The first-order valence-electron chi connectivity index (χ1n) is 7.93. The van der Waals surface area contributed by atoms with Crippen molar-refractivity contribution in [1.82, 2.24) is 19.9 Å². The van der Waals surface area contributed by atoms with Crippen molar-refractivity contribution in [3.63, 3.8) is 0 Å². The average molecular weight is 360 g/mol. The van der Waals surface area contributed by atoms with Gasteiger partial charge in [-0.2, -0.15) is 0 Å². The molecule has 25 heavy (non-hydrogen) atoms. The topological polar surface area (TPSA) is 79.0 Å². The highest BCUT2D eigenvalue weighted by Gasteiger charge is 2.22. The molecule has 0 unspecified atom stereocenters. The van der Waals surface area contributed by atoms with Gasteiger partial charge in [0.05, 0.1) is 5.69 Å². The normalized spacial score (nSPS) is 15.4. The minimum absolute atomic E-state index is 0.137. The van der Waals surface area contributed by atoms with E-state index in [1.807, 2.05) is 6.20 Å². The monoisotopic (exact) mass is 360 g/mol. The number of nitrogens with zero attached hydrogens (tertiary/aromatic N) is 3. The maximum Gasteiger partial charge on any atom is 0.247 e. The van der Waals surface area contributed by atoms with Gasteiger partial charge in [-0.25, -0.2) is 22.8 Å². The predicted molar refractivity (Wildman–Crippen MR) is 91.2 cm³/mol. The minimum atomic E-state index is -3.42. The highest BCUT2D eigenvalue weighted by atomic mass is 32.2. The molecule has 1 aliphatic heterocycles. The van der Waals surface area contributed by atoms with Crippen molar-refractivity contribution in [1.29, 1.82) is 0 Å². The van der Waals surface area contributed by atoms with Crippen LogP contribution in [-0.4, -0.2) is 41.1 Å². The van der Waals surface area contributed by atoms with Gasteiger partial charge in [0.1, 0.15) is 5.82 Å². The summed E-state index contributed by atoms with van der Waals surface area (Å²) in [7, 11) is -3.42. The summed E-state index contributed by atoms with van der Waals surface area (Å²) in [4.78, 5) is 13.5. The van der Waals surface area contributed by atoms with Crippen LogP contribution in [-0.2, 0) is 29.3 Å². The van der Waals surface area contributed by atoms with Crippen LogP contribution >= 0.6 is 0 Å². The number of fused-ring (bicyclic) bond motifs is 2. The maximum atomic E-state index is 13.5. The fraction of sp³-hybridized carbons (Fsp3) is 0.294. The van der Waals surface area contributed by atoms with Gasteiger partial charge in [0.2, 0.25) is 15.0 Å². The van der Waals surface area contributed by atoms with Crippen LogP contribution in [0.15, 0.2) is 35.7 Å². The second-order valence-electron chi connectivity index (χ2n) is 6.36. The Labute approximate surface area is 144 Å². The number of aromatic nitrogens is 3. The van der Waals surface area contributed by atoms with Gasteiger partial charge in [0.15, 0.2) is 0 Å². The van der Waals surface area contributed by atoms with E-state index in [0.29, 0.717) is 13.1 Å². The summed E-state index contributed by atoms with van der Waals surface area (Å²) in [6.07, 6.45) is 5.37. The van der Waals surface area contributed by atoms with E-state index >= 15 is 0 Å². The smallest absolute Gasteiger partial charge is 0.247 e. The van der Waals surface area contributed by atoms with Crippen LogP contribution in [0.3, 0.4) is 0 Å². The molecular formula is C17H17FN4O2S. The Kier molecular flexibility index (Phi) is 3.81. The fourth-order valence-corrected chi connectivity index (χ4v) is 3.70. The second kappa shape index (κ2) is 5.89. The number of aromatic amines is 1. The van der Waals surface area contributed by atoms with E-state index in [9.17, 15) is 12.8 Å². The summed E-state index contributed by atoms with van der Waals surface area (Å²) >= 11 is 0. The van der Waals surface area contributed by atoms with Gasteiger partial charge in [-0.1, -0.05) is 0 Å². The van der Waals surface area contributed by atoms with E-state index in [4.69, 9.17) is 0 Å². The van der Waals surface area contributed by atoms with E-state index in [2.05, 4.69) is 19.9 Å². The zero-order chi connectivity index (χ0) is 17.6. The third-order valence-electron chi connectivity index (χ3n) is 4.46. The first-order valence-corrected chi connectivity index (χ1v) is 9.82. The van der Waals surface area contributed by atoms with Crippen molar-refractivity contribution in [3.8, 4) is 0 Å². The Balaban J connectivity index is 1.60. The lowest BCUT2D eigenvalue weighted by atomic mass is 10.1. The molecule has 1 aliphatic rings. The molecule has 1 aromatic carbocycles.